The standard InChI is InChI=1S/C29H34ClF3N6O3/c30-21-4-1-5-23(24(21)29(31,32)33)36-13-8-20-22(16-36)34-26(42-17-28-9-2-11-38(28)12-3-10-28)35-25(20)37-14-18-6-7-19(15-37)39(18)27(40)41/h1,4-5,18-19H,2-3,6-17H2,(H,40,41)/t18-,19+. The topological polar surface area (TPSA) is 85.3 Å². The van der Waals surface area contributed by atoms with Gasteiger partial charge in [0.05, 0.1) is 46.1 Å². The predicted octanol–water partition coefficient (Wildman–Crippen LogP) is 5.05. The summed E-state index contributed by atoms with van der Waals surface area (Å²) in [6, 6.07) is 4.24. The van der Waals surface area contributed by atoms with Crippen molar-refractivity contribution < 1.29 is 27.8 Å². The van der Waals surface area contributed by atoms with Crippen molar-refractivity contribution in [3.63, 3.8) is 0 Å². The van der Waals surface area contributed by atoms with E-state index >= 15 is 0 Å². The number of carboxylic acid groups (broad SMARTS) is 1. The molecule has 42 heavy (non-hydrogen) atoms. The Morgan fingerprint density at radius 3 is 2.45 bits per heavy atom. The number of hydrogen-bond donors (Lipinski definition) is 1. The molecular weight excluding hydrogens is 573 g/mol. The number of piperazine rings is 1. The molecule has 2 atom stereocenters. The summed E-state index contributed by atoms with van der Waals surface area (Å²) in [4.78, 5) is 29.5. The lowest BCUT2D eigenvalue weighted by atomic mass is 9.95. The number of amides is 1. The van der Waals surface area contributed by atoms with Crippen LogP contribution in [0.1, 0.15) is 55.3 Å². The highest BCUT2D eigenvalue weighted by atomic mass is 35.5. The van der Waals surface area contributed by atoms with E-state index in [1.54, 1.807) is 9.80 Å². The number of aromatic nitrogens is 2. The lowest BCUT2D eigenvalue weighted by molar-refractivity contribution is -0.137. The van der Waals surface area contributed by atoms with E-state index in [0.29, 0.717) is 44.2 Å². The summed E-state index contributed by atoms with van der Waals surface area (Å²) in [6.45, 7) is 4.12. The number of fused-ring (bicyclic) bond motifs is 4. The number of carbonyl (C=O) groups is 1. The van der Waals surface area contributed by atoms with Crippen molar-refractivity contribution in [2.45, 2.75) is 75.3 Å². The minimum absolute atomic E-state index is 0.0138. The molecule has 6 heterocycles. The molecule has 0 spiro atoms. The number of nitrogens with zero attached hydrogens (tertiary/aromatic N) is 6. The Bertz CT molecular complexity index is 1370. The smallest absolute Gasteiger partial charge is 0.419 e. The van der Waals surface area contributed by atoms with Gasteiger partial charge in [-0.15, -0.1) is 0 Å². The molecular formula is C29H34ClF3N6O3. The van der Waals surface area contributed by atoms with E-state index in [1.165, 1.54) is 18.2 Å². The number of rotatable bonds is 5. The molecule has 1 amide bonds. The Hall–Kier alpha value is -2.99. The van der Waals surface area contributed by atoms with Crippen LogP contribution in [-0.2, 0) is 19.1 Å². The largest absolute Gasteiger partial charge is 0.465 e. The Morgan fingerprint density at radius 2 is 1.79 bits per heavy atom. The minimum atomic E-state index is -4.60. The Morgan fingerprint density at radius 1 is 1.07 bits per heavy atom. The summed E-state index contributed by atoms with van der Waals surface area (Å²) >= 11 is 6.05. The molecule has 7 rings (SSSR count). The third-order valence-corrected chi connectivity index (χ3v) is 10.2. The van der Waals surface area contributed by atoms with Crippen LogP contribution >= 0.6 is 11.6 Å². The number of halogens is 4. The van der Waals surface area contributed by atoms with Crippen LogP contribution in [-0.4, -0.2) is 87.9 Å². The summed E-state index contributed by atoms with van der Waals surface area (Å²) < 4.78 is 48.5. The second-order valence-electron chi connectivity index (χ2n) is 12.2. The van der Waals surface area contributed by atoms with Crippen LogP contribution in [0, 0.1) is 0 Å². The summed E-state index contributed by atoms with van der Waals surface area (Å²) in [5.41, 5.74) is 0.695. The maximum absolute atomic E-state index is 14.0. The van der Waals surface area contributed by atoms with Crippen molar-refractivity contribution in [2.75, 3.05) is 49.1 Å². The van der Waals surface area contributed by atoms with Crippen LogP contribution in [0.25, 0.3) is 0 Å². The SMILES string of the molecule is O=C(O)N1[C@@H]2CC[C@H]1CN(c1nc(OCC34CCCN3CCC4)nc3c1CCN(c1cccc(Cl)c1C(F)(F)F)C3)C2. The molecule has 2 bridgehead atoms. The van der Waals surface area contributed by atoms with Gasteiger partial charge in [0, 0.05) is 25.2 Å². The molecule has 13 heteroatoms. The van der Waals surface area contributed by atoms with Gasteiger partial charge >= 0.3 is 18.3 Å². The Labute approximate surface area is 247 Å². The van der Waals surface area contributed by atoms with Gasteiger partial charge in [0.15, 0.2) is 0 Å². The third kappa shape index (κ3) is 4.70. The zero-order chi connectivity index (χ0) is 29.2. The highest BCUT2D eigenvalue weighted by Crippen LogP contribution is 2.44. The first-order chi connectivity index (χ1) is 20.1. The van der Waals surface area contributed by atoms with Gasteiger partial charge in [0.2, 0.25) is 0 Å². The van der Waals surface area contributed by atoms with Crippen molar-refractivity contribution in [1.29, 1.82) is 0 Å². The van der Waals surface area contributed by atoms with Crippen molar-refractivity contribution in [3.8, 4) is 6.01 Å². The van der Waals surface area contributed by atoms with Gasteiger partial charge in [-0.25, -0.2) is 4.79 Å². The number of ether oxygens (including phenoxy) is 1. The quantitative estimate of drug-likeness (QED) is 0.506. The summed E-state index contributed by atoms with van der Waals surface area (Å²) in [5, 5.41) is 9.43. The van der Waals surface area contributed by atoms with E-state index in [4.69, 9.17) is 26.3 Å². The maximum atomic E-state index is 14.0. The van der Waals surface area contributed by atoms with E-state index in [0.717, 1.165) is 57.2 Å². The predicted molar refractivity (Wildman–Crippen MR) is 150 cm³/mol. The van der Waals surface area contributed by atoms with E-state index < -0.39 is 17.8 Å². The first kappa shape index (κ1) is 27.8. The molecule has 0 radical (unpaired) electrons. The van der Waals surface area contributed by atoms with Crippen LogP contribution in [0.4, 0.5) is 29.5 Å². The molecule has 1 aromatic heterocycles. The molecule has 4 saturated heterocycles. The van der Waals surface area contributed by atoms with Crippen LogP contribution in [0.2, 0.25) is 5.02 Å². The van der Waals surface area contributed by atoms with Crippen LogP contribution in [0.3, 0.4) is 0 Å². The monoisotopic (exact) mass is 606 g/mol. The van der Waals surface area contributed by atoms with Gasteiger partial charge in [-0.1, -0.05) is 17.7 Å². The molecule has 5 aliphatic heterocycles. The van der Waals surface area contributed by atoms with Crippen molar-refractivity contribution >= 4 is 29.2 Å². The van der Waals surface area contributed by atoms with E-state index in [-0.39, 0.29) is 40.9 Å². The van der Waals surface area contributed by atoms with E-state index in [2.05, 4.69) is 9.80 Å². The fourth-order valence-corrected chi connectivity index (χ4v) is 8.30. The number of hydrogen-bond acceptors (Lipinski definition) is 7. The minimum Gasteiger partial charge on any atom is -0.465 e. The van der Waals surface area contributed by atoms with E-state index in [1.807, 2.05) is 0 Å². The van der Waals surface area contributed by atoms with Gasteiger partial charge in [0.1, 0.15) is 12.4 Å². The van der Waals surface area contributed by atoms with Crippen LogP contribution in [0.15, 0.2) is 18.2 Å². The molecule has 1 N–H and O–H groups in total. The van der Waals surface area contributed by atoms with Gasteiger partial charge in [-0.3, -0.25) is 9.80 Å². The number of alkyl halides is 3. The average Bonchev–Trinajstić information content (AvgIpc) is 3.61. The Balaban J connectivity index is 1.23. The zero-order valence-electron chi connectivity index (χ0n) is 23.2. The number of anilines is 2. The van der Waals surface area contributed by atoms with Gasteiger partial charge in [-0.05, 0) is 70.2 Å². The number of benzene rings is 1. The fraction of sp³-hybridized carbons (Fsp3) is 0.621. The molecule has 1 aromatic carbocycles. The molecule has 2 aromatic rings. The molecule has 0 saturated carbocycles. The van der Waals surface area contributed by atoms with Gasteiger partial charge < -0.3 is 19.6 Å². The van der Waals surface area contributed by atoms with Crippen molar-refractivity contribution in [2.24, 2.45) is 0 Å². The molecule has 226 valence electrons. The van der Waals surface area contributed by atoms with Crippen molar-refractivity contribution in [3.05, 3.63) is 40.0 Å². The average molecular weight is 607 g/mol. The lowest BCUT2D eigenvalue weighted by Gasteiger charge is -2.41. The second kappa shape index (κ2) is 10.3. The first-order valence-electron chi connectivity index (χ1n) is 14.8. The molecule has 9 nitrogen and oxygen atoms in total. The highest BCUT2D eigenvalue weighted by molar-refractivity contribution is 6.31. The second-order valence-corrected chi connectivity index (χ2v) is 12.7. The maximum Gasteiger partial charge on any atom is 0.419 e. The molecule has 0 unspecified atom stereocenters. The highest BCUT2D eigenvalue weighted by Gasteiger charge is 2.46. The van der Waals surface area contributed by atoms with Crippen molar-refractivity contribution in [1.82, 2.24) is 19.8 Å². The van der Waals surface area contributed by atoms with Gasteiger partial charge in [0.25, 0.3) is 0 Å². The molecule has 5 aliphatic rings. The molecule has 0 aliphatic carbocycles. The first-order valence-corrected chi connectivity index (χ1v) is 15.2. The van der Waals surface area contributed by atoms with Crippen LogP contribution < -0.4 is 14.5 Å². The zero-order valence-corrected chi connectivity index (χ0v) is 24.0. The summed E-state index contributed by atoms with van der Waals surface area (Å²) in [6.07, 6.45) is 0.930. The Kier molecular flexibility index (Phi) is 6.84. The summed E-state index contributed by atoms with van der Waals surface area (Å²) in [5.74, 6) is 0.714. The van der Waals surface area contributed by atoms with Crippen LogP contribution in [0.5, 0.6) is 6.01 Å². The lowest BCUT2D eigenvalue weighted by Crippen LogP contribution is -2.56. The van der Waals surface area contributed by atoms with Gasteiger partial charge in [-0.2, -0.15) is 23.1 Å². The third-order valence-electron chi connectivity index (χ3n) is 9.92. The molecule has 4 fully saturated rings. The summed E-state index contributed by atoms with van der Waals surface area (Å²) in [7, 11) is 0. The fourth-order valence-electron chi connectivity index (χ4n) is 8.03. The normalized spacial score (nSPS) is 25.1. The van der Waals surface area contributed by atoms with E-state index in [9.17, 15) is 23.1 Å².